The molecule has 0 fully saturated rings. The fourth-order valence-electron chi connectivity index (χ4n) is 2.29. The van der Waals surface area contributed by atoms with Crippen molar-refractivity contribution in [2.75, 3.05) is 5.32 Å². The number of nitrogens with zero attached hydrogens (tertiary/aromatic N) is 5. The molecule has 0 unspecified atom stereocenters. The highest BCUT2D eigenvalue weighted by Gasteiger charge is 2.25. The number of hydrogen-bond acceptors (Lipinski definition) is 5. The summed E-state index contributed by atoms with van der Waals surface area (Å²) in [4.78, 5) is 22.4. The number of aryl methyl sites for hydroxylation is 1. The lowest BCUT2D eigenvalue weighted by molar-refractivity contribution is -0.385. The van der Waals surface area contributed by atoms with Gasteiger partial charge < -0.3 is 5.32 Å². The minimum Gasteiger partial charge on any atom is -0.303 e. The third-order valence-corrected chi connectivity index (χ3v) is 3.34. The van der Waals surface area contributed by atoms with Crippen molar-refractivity contribution in [1.82, 2.24) is 19.6 Å². The third-order valence-electron chi connectivity index (χ3n) is 3.34. The van der Waals surface area contributed by atoms with Gasteiger partial charge in [0.1, 0.15) is 12.0 Å². The van der Waals surface area contributed by atoms with Gasteiger partial charge in [0.2, 0.25) is 5.69 Å². The van der Waals surface area contributed by atoms with Gasteiger partial charge >= 0.3 is 5.69 Å². The van der Waals surface area contributed by atoms with E-state index in [0.717, 1.165) is 6.20 Å². The van der Waals surface area contributed by atoms with Crippen molar-refractivity contribution in [1.29, 1.82) is 0 Å². The van der Waals surface area contributed by atoms with Crippen molar-refractivity contribution in [2.24, 2.45) is 7.05 Å². The van der Waals surface area contributed by atoms with E-state index >= 15 is 0 Å². The maximum Gasteiger partial charge on any atom is 0.320 e. The van der Waals surface area contributed by atoms with Gasteiger partial charge in [-0.15, -0.1) is 0 Å². The van der Waals surface area contributed by atoms with Gasteiger partial charge in [0.15, 0.2) is 5.82 Å². The third kappa shape index (κ3) is 3.68. The van der Waals surface area contributed by atoms with Crippen LogP contribution in [0.25, 0.3) is 0 Å². The lowest BCUT2D eigenvalue weighted by Gasteiger charge is -2.02. The van der Waals surface area contributed by atoms with Crippen LogP contribution < -0.4 is 5.32 Å². The number of benzene rings is 1. The molecule has 0 saturated heterocycles. The Bertz CT molecular complexity index is 948. The van der Waals surface area contributed by atoms with E-state index in [-0.39, 0.29) is 23.0 Å². The molecule has 0 radical (unpaired) electrons. The minimum atomic E-state index is -0.733. The van der Waals surface area contributed by atoms with Crippen molar-refractivity contribution in [3.8, 4) is 0 Å². The van der Waals surface area contributed by atoms with E-state index in [1.165, 1.54) is 34.6 Å². The molecule has 0 saturated carbocycles. The number of hydrogen-bond donors (Lipinski definition) is 1. The number of nitro groups is 1. The van der Waals surface area contributed by atoms with Crippen LogP contribution in [-0.2, 0) is 13.6 Å². The lowest BCUT2D eigenvalue weighted by Crippen LogP contribution is -2.15. The van der Waals surface area contributed by atoms with Gasteiger partial charge in [0.05, 0.1) is 11.5 Å². The van der Waals surface area contributed by atoms with Crippen LogP contribution in [0.15, 0.2) is 42.7 Å². The number of nitrogens with one attached hydrogen (secondary N) is 1. The maximum absolute atomic E-state index is 13.2. The standard InChI is InChI=1S/C15H13FN6O3/c1-20-9-12(22(24)25)14(19-20)15(23)17-13-5-6-21(18-13)8-10-3-2-4-11(16)7-10/h2-7,9H,8H2,1H3,(H,17,18,23). The monoisotopic (exact) mass is 344 g/mol. The summed E-state index contributed by atoms with van der Waals surface area (Å²) in [6.45, 7) is 0.317. The van der Waals surface area contributed by atoms with Gasteiger partial charge in [0, 0.05) is 19.3 Å². The van der Waals surface area contributed by atoms with Crippen LogP contribution in [0.5, 0.6) is 0 Å². The van der Waals surface area contributed by atoms with E-state index < -0.39 is 10.8 Å². The summed E-state index contributed by atoms with van der Waals surface area (Å²) in [5.74, 6) is -0.870. The Kier molecular flexibility index (Phi) is 4.25. The Labute approximate surface area is 140 Å². The molecule has 1 N–H and O–H groups in total. The molecular weight excluding hydrogens is 331 g/mol. The van der Waals surface area contributed by atoms with Crippen LogP contribution in [-0.4, -0.2) is 30.4 Å². The molecule has 0 bridgehead atoms. The molecule has 1 amide bonds. The fourth-order valence-corrected chi connectivity index (χ4v) is 2.29. The summed E-state index contributed by atoms with van der Waals surface area (Å²) >= 11 is 0. The molecule has 9 nitrogen and oxygen atoms in total. The van der Waals surface area contributed by atoms with Crippen LogP contribution in [0.4, 0.5) is 15.9 Å². The Morgan fingerprint density at radius 2 is 2.16 bits per heavy atom. The topological polar surface area (TPSA) is 108 Å². The van der Waals surface area contributed by atoms with Crippen molar-refractivity contribution in [3.63, 3.8) is 0 Å². The van der Waals surface area contributed by atoms with Gasteiger partial charge in [0.25, 0.3) is 5.91 Å². The predicted octanol–water partition coefficient (Wildman–Crippen LogP) is 1.96. The van der Waals surface area contributed by atoms with Crippen LogP contribution in [0.1, 0.15) is 16.1 Å². The smallest absolute Gasteiger partial charge is 0.303 e. The fraction of sp³-hybridized carbons (Fsp3) is 0.133. The average molecular weight is 344 g/mol. The SMILES string of the molecule is Cn1cc([N+](=O)[O-])c(C(=O)Nc2ccn(Cc3cccc(F)c3)n2)n1. The van der Waals surface area contributed by atoms with Gasteiger partial charge in [-0.1, -0.05) is 12.1 Å². The largest absolute Gasteiger partial charge is 0.320 e. The highest BCUT2D eigenvalue weighted by Crippen LogP contribution is 2.17. The highest BCUT2D eigenvalue weighted by molar-refractivity contribution is 6.04. The quantitative estimate of drug-likeness (QED) is 0.562. The number of carbonyl (C=O) groups is 1. The van der Waals surface area contributed by atoms with Gasteiger partial charge in [-0.25, -0.2) is 4.39 Å². The summed E-state index contributed by atoms with van der Waals surface area (Å²) in [5, 5.41) is 21.3. The van der Waals surface area contributed by atoms with E-state index in [2.05, 4.69) is 15.5 Å². The van der Waals surface area contributed by atoms with Crippen LogP contribution >= 0.6 is 0 Å². The molecule has 2 aromatic heterocycles. The number of anilines is 1. The summed E-state index contributed by atoms with van der Waals surface area (Å²) in [6.07, 6.45) is 2.75. The lowest BCUT2D eigenvalue weighted by atomic mass is 10.2. The Morgan fingerprint density at radius 1 is 1.36 bits per heavy atom. The molecule has 128 valence electrons. The first-order valence-corrected chi connectivity index (χ1v) is 7.19. The molecule has 1 aromatic carbocycles. The van der Waals surface area contributed by atoms with E-state index in [4.69, 9.17) is 0 Å². The van der Waals surface area contributed by atoms with Crippen molar-refractivity contribution in [3.05, 3.63) is 69.9 Å². The highest BCUT2D eigenvalue weighted by atomic mass is 19.1. The summed E-state index contributed by atoms with van der Waals surface area (Å²) < 4.78 is 15.9. The zero-order valence-corrected chi connectivity index (χ0v) is 13.1. The zero-order valence-electron chi connectivity index (χ0n) is 13.1. The minimum absolute atomic E-state index is 0.210. The van der Waals surface area contributed by atoms with Crippen molar-refractivity contribution in [2.45, 2.75) is 6.54 Å². The van der Waals surface area contributed by atoms with Crippen molar-refractivity contribution >= 4 is 17.4 Å². The molecule has 2 heterocycles. The van der Waals surface area contributed by atoms with Gasteiger partial charge in [-0.05, 0) is 17.7 Å². The van der Waals surface area contributed by atoms with E-state index in [0.29, 0.717) is 12.1 Å². The number of aromatic nitrogens is 4. The van der Waals surface area contributed by atoms with Crippen LogP contribution in [0.3, 0.4) is 0 Å². The molecule has 25 heavy (non-hydrogen) atoms. The van der Waals surface area contributed by atoms with Crippen LogP contribution in [0, 0.1) is 15.9 Å². The predicted molar refractivity (Wildman–Crippen MR) is 85.5 cm³/mol. The Hall–Kier alpha value is -3.56. The number of carbonyl (C=O) groups excluding carboxylic acids is 1. The molecule has 0 aliphatic rings. The average Bonchev–Trinajstić information content (AvgIpc) is 3.14. The summed E-state index contributed by atoms with van der Waals surface area (Å²) in [6, 6.07) is 7.61. The van der Waals surface area contributed by atoms with E-state index in [9.17, 15) is 19.3 Å². The second-order valence-corrected chi connectivity index (χ2v) is 5.28. The first kappa shape index (κ1) is 16.3. The normalized spacial score (nSPS) is 10.6. The van der Waals surface area contributed by atoms with Crippen LogP contribution in [0.2, 0.25) is 0 Å². The molecular formula is C15H13FN6O3. The van der Waals surface area contributed by atoms with Gasteiger partial charge in [-0.2, -0.15) is 10.2 Å². The first-order chi connectivity index (χ1) is 11.9. The Balaban J connectivity index is 1.73. The van der Waals surface area contributed by atoms with E-state index in [1.54, 1.807) is 18.3 Å². The van der Waals surface area contributed by atoms with Gasteiger partial charge in [-0.3, -0.25) is 24.3 Å². The molecule has 3 rings (SSSR count). The Morgan fingerprint density at radius 3 is 2.88 bits per heavy atom. The molecule has 0 aliphatic carbocycles. The first-order valence-electron chi connectivity index (χ1n) is 7.19. The summed E-state index contributed by atoms with van der Waals surface area (Å²) in [7, 11) is 1.48. The molecule has 3 aromatic rings. The second kappa shape index (κ2) is 6.51. The molecule has 0 aliphatic heterocycles. The number of amides is 1. The zero-order chi connectivity index (χ0) is 18.0. The number of rotatable bonds is 5. The number of halogens is 1. The van der Waals surface area contributed by atoms with Crippen molar-refractivity contribution < 1.29 is 14.1 Å². The molecule has 10 heteroatoms. The molecule has 0 spiro atoms. The maximum atomic E-state index is 13.2. The molecule has 0 atom stereocenters. The second-order valence-electron chi connectivity index (χ2n) is 5.28. The van der Waals surface area contributed by atoms with E-state index in [1.807, 2.05) is 0 Å². The summed E-state index contributed by atoms with van der Waals surface area (Å²) in [5.41, 5.74) is 0.0210.